The van der Waals surface area contributed by atoms with Gasteiger partial charge in [-0.2, -0.15) is 0 Å². The molecule has 0 spiro atoms. The number of carbonyl (C=O) groups is 2. The molecule has 0 aliphatic heterocycles. The van der Waals surface area contributed by atoms with Gasteiger partial charge in [-0.1, -0.05) is 12.1 Å². The first kappa shape index (κ1) is 22.2. The summed E-state index contributed by atoms with van der Waals surface area (Å²) in [7, 11) is 5.57. The smallest absolute Gasteiger partial charge is 0.319 e. The zero-order valence-corrected chi connectivity index (χ0v) is 17.7. The third kappa shape index (κ3) is 6.22. The second-order valence-corrected chi connectivity index (χ2v) is 6.98. The van der Waals surface area contributed by atoms with E-state index in [1.165, 1.54) is 0 Å². The van der Waals surface area contributed by atoms with Crippen LogP contribution in [0.25, 0.3) is 0 Å². The molecule has 156 valence electrons. The molecular weight excluding hydrogens is 368 g/mol. The van der Waals surface area contributed by atoms with E-state index in [0.29, 0.717) is 24.3 Å². The van der Waals surface area contributed by atoms with Gasteiger partial charge in [-0.25, -0.2) is 4.79 Å². The Kier molecular flexibility index (Phi) is 8.03. The van der Waals surface area contributed by atoms with Crippen LogP contribution in [-0.4, -0.2) is 51.1 Å². The van der Waals surface area contributed by atoms with Gasteiger partial charge in [0.05, 0.1) is 13.2 Å². The number of hydrogen-bond donors (Lipinski definition) is 3. The standard InChI is InChI=1S/C22H30N4O3/c1-6-23-21(27)17-10-11-19(15(2)12-17)25-22(28)24-14-20(26(3)4)16-8-7-9-18(13-16)29-5/h7-13,20H,6,14H2,1-5H3,(H,23,27)(H2,24,25,28). The van der Waals surface area contributed by atoms with E-state index in [9.17, 15) is 9.59 Å². The van der Waals surface area contributed by atoms with Crippen molar-refractivity contribution < 1.29 is 14.3 Å². The number of nitrogens with zero attached hydrogens (tertiary/aromatic N) is 1. The molecule has 2 aromatic carbocycles. The molecule has 7 heteroatoms. The van der Waals surface area contributed by atoms with Crippen LogP contribution in [0.15, 0.2) is 42.5 Å². The Bertz CT molecular complexity index is 852. The van der Waals surface area contributed by atoms with Gasteiger partial charge in [-0.3, -0.25) is 4.79 Å². The molecule has 0 bridgehead atoms. The summed E-state index contributed by atoms with van der Waals surface area (Å²) < 4.78 is 5.30. The maximum absolute atomic E-state index is 12.4. The number of aryl methyl sites for hydroxylation is 1. The van der Waals surface area contributed by atoms with E-state index in [2.05, 4.69) is 16.0 Å². The molecular formula is C22H30N4O3. The molecule has 2 rings (SSSR count). The first-order valence-electron chi connectivity index (χ1n) is 9.59. The molecule has 2 aromatic rings. The van der Waals surface area contributed by atoms with Gasteiger partial charge in [0.2, 0.25) is 0 Å². The Morgan fingerprint density at radius 2 is 1.86 bits per heavy atom. The minimum absolute atomic E-state index is 0.00272. The van der Waals surface area contributed by atoms with E-state index < -0.39 is 0 Å². The number of ether oxygens (including phenoxy) is 1. The molecule has 3 amide bonds. The molecule has 0 saturated heterocycles. The van der Waals surface area contributed by atoms with Crippen LogP contribution in [0.4, 0.5) is 10.5 Å². The highest BCUT2D eigenvalue weighted by Gasteiger charge is 2.16. The van der Waals surface area contributed by atoms with Crippen molar-refractivity contribution in [1.29, 1.82) is 0 Å². The Morgan fingerprint density at radius 3 is 2.48 bits per heavy atom. The van der Waals surface area contributed by atoms with Crippen molar-refractivity contribution in [3.8, 4) is 5.75 Å². The molecule has 7 nitrogen and oxygen atoms in total. The summed E-state index contributed by atoms with van der Waals surface area (Å²) >= 11 is 0. The van der Waals surface area contributed by atoms with Gasteiger partial charge in [0.25, 0.3) is 5.91 Å². The van der Waals surface area contributed by atoms with Gasteiger partial charge >= 0.3 is 6.03 Å². The van der Waals surface area contributed by atoms with Crippen molar-refractivity contribution >= 4 is 17.6 Å². The number of anilines is 1. The lowest BCUT2D eigenvalue weighted by atomic mass is 10.1. The molecule has 0 aliphatic rings. The molecule has 0 saturated carbocycles. The summed E-state index contributed by atoms with van der Waals surface area (Å²) in [4.78, 5) is 26.4. The highest BCUT2D eigenvalue weighted by molar-refractivity contribution is 5.96. The number of urea groups is 1. The molecule has 0 radical (unpaired) electrons. The van der Waals surface area contributed by atoms with Crippen LogP contribution < -0.4 is 20.7 Å². The van der Waals surface area contributed by atoms with E-state index in [4.69, 9.17) is 4.74 Å². The van der Waals surface area contributed by atoms with Crippen LogP contribution in [0.2, 0.25) is 0 Å². The van der Waals surface area contributed by atoms with Gasteiger partial charge in [0, 0.05) is 24.3 Å². The molecule has 0 fully saturated rings. The van der Waals surface area contributed by atoms with Gasteiger partial charge in [0.15, 0.2) is 0 Å². The van der Waals surface area contributed by atoms with Crippen molar-refractivity contribution in [3.05, 3.63) is 59.2 Å². The number of likely N-dealkylation sites (N-methyl/N-ethyl adjacent to an activating group) is 1. The summed E-state index contributed by atoms with van der Waals surface area (Å²) in [6.07, 6.45) is 0. The van der Waals surface area contributed by atoms with Crippen LogP contribution >= 0.6 is 0 Å². The minimum atomic E-state index is -0.298. The third-order valence-electron chi connectivity index (χ3n) is 4.63. The second kappa shape index (κ2) is 10.5. The summed E-state index contributed by atoms with van der Waals surface area (Å²) in [6, 6.07) is 12.7. The van der Waals surface area contributed by atoms with E-state index in [-0.39, 0.29) is 18.0 Å². The summed E-state index contributed by atoms with van der Waals surface area (Å²) in [6.45, 7) is 4.73. The monoisotopic (exact) mass is 398 g/mol. The molecule has 0 aliphatic carbocycles. The predicted octanol–water partition coefficient (Wildman–Crippen LogP) is 3.18. The Labute approximate surface area is 172 Å². The fourth-order valence-electron chi connectivity index (χ4n) is 3.01. The minimum Gasteiger partial charge on any atom is -0.497 e. The summed E-state index contributed by atoms with van der Waals surface area (Å²) in [5.41, 5.74) is 3.11. The average molecular weight is 399 g/mol. The average Bonchev–Trinajstić information content (AvgIpc) is 2.69. The lowest BCUT2D eigenvalue weighted by Crippen LogP contribution is -2.37. The van der Waals surface area contributed by atoms with Crippen LogP contribution in [0.3, 0.4) is 0 Å². The fourth-order valence-corrected chi connectivity index (χ4v) is 3.01. The van der Waals surface area contributed by atoms with Crippen molar-refractivity contribution in [2.75, 3.05) is 39.6 Å². The first-order valence-corrected chi connectivity index (χ1v) is 9.59. The molecule has 0 heterocycles. The van der Waals surface area contributed by atoms with Gasteiger partial charge in [-0.15, -0.1) is 0 Å². The van der Waals surface area contributed by atoms with E-state index in [0.717, 1.165) is 16.9 Å². The fraction of sp³-hybridized carbons (Fsp3) is 0.364. The van der Waals surface area contributed by atoms with E-state index >= 15 is 0 Å². The first-order chi connectivity index (χ1) is 13.8. The summed E-state index contributed by atoms with van der Waals surface area (Å²) in [5, 5.41) is 8.54. The van der Waals surface area contributed by atoms with Crippen molar-refractivity contribution in [2.45, 2.75) is 19.9 Å². The second-order valence-electron chi connectivity index (χ2n) is 6.98. The summed E-state index contributed by atoms with van der Waals surface area (Å²) in [5.74, 6) is 0.653. The zero-order chi connectivity index (χ0) is 21.4. The van der Waals surface area contributed by atoms with Crippen molar-refractivity contribution in [1.82, 2.24) is 15.5 Å². The normalized spacial score (nSPS) is 11.7. The highest BCUT2D eigenvalue weighted by atomic mass is 16.5. The maximum atomic E-state index is 12.4. The number of amides is 3. The molecule has 0 aromatic heterocycles. The number of carbonyl (C=O) groups excluding carboxylic acids is 2. The quantitative estimate of drug-likeness (QED) is 0.638. The van der Waals surface area contributed by atoms with E-state index in [1.54, 1.807) is 25.3 Å². The maximum Gasteiger partial charge on any atom is 0.319 e. The van der Waals surface area contributed by atoms with Crippen LogP contribution in [0, 0.1) is 6.92 Å². The van der Waals surface area contributed by atoms with Crippen LogP contribution in [0.5, 0.6) is 5.75 Å². The zero-order valence-electron chi connectivity index (χ0n) is 17.7. The molecule has 1 unspecified atom stereocenters. The third-order valence-corrected chi connectivity index (χ3v) is 4.63. The number of hydrogen-bond acceptors (Lipinski definition) is 4. The number of nitrogens with one attached hydrogen (secondary N) is 3. The lowest BCUT2D eigenvalue weighted by Gasteiger charge is -2.25. The number of methoxy groups -OCH3 is 1. The van der Waals surface area contributed by atoms with Gasteiger partial charge < -0.3 is 25.6 Å². The van der Waals surface area contributed by atoms with Crippen LogP contribution in [-0.2, 0) is 0 Å². The Balaban J connectivity index is 2.01. The number of benzene rings is 2. The van der Waals surface area contributed by atoms with Crippen molar-refractivity contribution in [3.63, 3.8) is 0 Å². The SMILES string of the molecule is CCNC(=O)c1ccc(NC(=O)NCC(c2cccc(OC)c2)N(C)C)c(C)c1. The lowest BCUT2D eigenvalue weighted by molar-refractivity contribution is 0.0955. The van der Waals surface area contributed by atoms with Crippen molar-refractivity contribution in [2.24, 2.45) is 0 Å². The predicted molar refractivity (Wildman–Crippen MR) is 116 cm³/mol. The Morgan fingerprint density at radius 1 is 1.10 bits per heavy atom. The highest BCUT2D eigenvalue weighted by Crippen LogP contribution is 2.22. The van der Waals surface area contributed by atoms with Gasteiger partial charge in [0.1, 0.15) is 5.75 Å². The molecule has 1 atom stereocenters. The Hall–Kier alpha value is -3.06. The largest absolute Gasteiger partial charge is 0.497 e. The topological polar surface area (TPSA) is 82.7 Å². The number of rotatable bonds is 8. The van der Waals surface area contributed by atoms with E-state index in [1.807, 2.05) is 57.1 Å². The van der Waals surface area contributed by atoms with Gasteiger partial charge in [-0.05, 0) is 69.4 Å². The van der Waals surface area contributed by atoms with Crippen LogP contribution in [0.1, 0.15) is 34.5 Å². The molecule has 29 heavy (non-hydrogen) atoms. The molecule has 3 N–H and O–H groups in total.